The van der Waals surface area contributed by atoms with E-state index in [1.807, 2.05) is 14.1 Å². The largest absolute Gasteiger partial charge is 0.481 e. The van der Waals surface area contributed by atoms with Gasteiger partial charge in [-0.15, -0.1) is 0 Å². The van der Waals surface area contributed by atoms with Crippen LogP contribution in [0.4, 0.5) is 0 Å². The smallest absolute Gasteiger partial charge is 0.304 e. The SMILES string of the molecule is CNCc1noc([C@H](CCCC2CCCCC2)CC(=O)NO)n1.CNCc1noc([C@H](CCCC2CCCCC2)CC(=O)O)n1. The molecule has 2 aliphatic carbocycles. The summed E-state index contributed by atoms with van der Waals surface area (Å²) in [7, 11) is 3.63. The van der Waals surface area contributed by atoms with Crippen LogP contribution in [0.25, 0.3) is 0 Å². The summed E-state index contributed by atoms with van der Waals surface area (Å²) in [5.74, 6) is 2.24. The number of carbonyl (C=O) groups excluding carboxylic acids is 1. The number of aliphatic carboxylic acids is 1. The minimum atomic E-state index is -0.809. The number of rotatable bonds is 18. The zero-order chi connectivity index (χ0) is 32.3. The number of aromatic nitrogens is 4. The van der Waals surface area contributed by atoms with Crippen molar-refractivity contribution in [1.82, 2.24) is 36.4 Å². The van der Waals surface area contributed by atoms with Crippen LogP contribution in [-0.2, 0) is 22.7 Å². The third-order valence-electron chi connectivity index (χ3n) is 9.09. The molecule has 2 aliphatic rings. The summed E-state index contributed by atoms with van der Waals surface area (Å²) in [6.07, 6.45) is 19.8. The van der Waals surface area contributed by atoms with Crippen molar-refractivity contribution in [3.63, 3.8) is 0 Å². The topological polar surface area (TPSA) is 189 Å². The van der Waals surface area contributed by atoms with Crippen molar-refractivity contribution in [1.29, 1.82) is 0 Å². The Morgan fingerprint density at radius 3 is 1.60 bits per heavy atom. The van der Waals surface area contributed by atoms with Gasteiger partial charge in [-0.1, -0.05) is 100 Å². The van der Waals surface area contributed by atoms with Crippen LogP contribution in [0.3, 0.4) is 0 Å². The maximum atomic E-state index is 11.5. The summed E-state index contributed by atoms with van der Waals surface area (Å²) in [6, 6.07) is 0. The molecule has 2 aromatic heterocycles. The first-order valence-electron chi connectivity index (χ1n) is 17.0. The van der Waals surface area contributed by atoms with Crippen LogP contribution in [0.15, 0.2) is 9.05 Å². The molecule has 0 saturated heterocycles. The maximum Gasteiger partial charge on any atom is 0.304 e. The van der Waals surface area contributed by atoms with E-state index in [2.05, 4.69) is 30.9 Å². The molecule has 0 bridgehead atoms. The molecule has 5 N–H and O–H groups in total. The van der Waals surface area contributed by atoms with E-state index in [9.17, 15) is 9.59 Å². The minimum absolute atomic E-state index is 0.0614. The van der Waals surface area contributed by atoms with Crippen LogP contribution in [0.1, 0.15) is 151 Å². The fourth-order valence-corrected chi connectivity index (χ4v) is 6.69. The molecule has 0 spiro atoms. The highest BCUT2D eigenvalue weighted by Crippen LogP contribution is 2.32. The Labute approximate surface area is 267 Å². The van der Waals surface area contributed by atoms with Crippen molar-refractivity contribution in [2.24, 2.45) is 11.8 Å². The molecular weight excluding hydrogens is 578 g/mol. The van der Waals surface area contributed by atoms with E-state index >= 15 is 0 Å². The van der Waals surface area contributed by atoms with Crippen molar-refractivity contribution in [3.05, 3.63) is 23.4 Å². The lowest BCUT2D eigenvalue weighted by Gasteiger charge is -2.22. The number of hydroxylamine groups is 1. The molecule has 0 radical (unpaired) electrons. The van der Waals surface area contributed by atoms with E-state index in [1.165, 1.54) is 77.0 Å². The Hall–Kier alpha value is -2.90. The molecule has 45 heavy (non-hydrogen) atoms. The van der Waals surface area contributed by atoms with Gasteiger partial charge in [0.05, 0.1) is 19.5 Å². The minimum Gasteiger partial charge on any atom is -0.481 e. The van der Waals surface area contributed by atoms with E-state index in [-0.39, 0.29) is 24.7 Å². The van der Waals surface area contributed by atoms with Crippen molar-refractivity contribution >= 4 is 11.9 Å². The van der Waals surface area contributed by atoms with Crippen LogP contribution in [0, 0.1) is 11.8 Å². The fraction of sp³-hybridized carbons (Fsp3) is 0.812. The number of hydrogen-bond donors (Lipinski definition) is 5. The zero-order valence-electron chi connectivity index (χ0n) is 27.3. The maximum absolute atomic E-state index is 11.5. The van der Waals surface area contributed by atoms with Crippen LogP contribution in [-0.4, -0.2) is 56.6 Å². The number of nitrogens with zero attached hydrogens (tertiary/aromatic N) is 4. The second kappa shape index (κ2) is 21.0. The van der Waals surface area contributed by atoms with Gasteiger partial charge in [-0.3, -0.25) is 14.8 Å². The molecule has 4 rings (SSSR count). The molecule has 0 unspecified atom stereocenters. The third kappa shape index (κ3) is 14.0. The molecule has 1 amide bonds. The first-order valence-corrected chi connectivity index (χ1v) is 17.0. The summed E-state index contributed by atoms with van der Waals surface area (Å²) in [4.78, 5) is 31.3. The van der Waals surface area contributed by atoms with Crippen LogP contribution in [0.5, 0.6) is 0 Å². The van der Waals surface area contributed by atoms with Gasteiger partial charge in [0, 0.05) is 18.3 Å². The molecule has 2 heterocycles. The van der Waals surface area contributed by atoms with Gasteiger partial charge in [0.25, 0.3) is 0 Å². The number of carboxylic acid groups (broad SMARTS) is 1. The zero-order valence-corrected chi connectivity index (χ0v) is 27.3. The highest BCUT2D eigenvalue weighted by molar-refractivity contribution is 5.75. The highest BCUT2D eigenvalue weighted by Gasteiger charge is 2.24. The summed E-state index contributed by atoms with van der Waals surface area (Å²) in [6.45, 7) is 1.07. The van der Waals surface area contributed by atoms with Gasteiger partial charge in [0.15, 0.2) is 11.6 Å². The normalized spacial score (nSPS) is 17.3. The lowest BCUT2D eigenvalue weighted by Crippen LogP contribution is -2.21. The fourth-order valence-electron chi connectivity index (χ4n) is 6.69. The predicted octanol–water partition coefficient (Wildman–Crippen LogP) is 5.62. The highest BCUT2D eigenvalue weighted by atomic mass is 16.5. The Morgan fingerprint density at radius 2 is 1.20 bits per heavy atom. The van der Waals surface area contributed by atoms with Crippen molar-refractivity contribution < 1.29 is 28.9 Å². The molecular formula is C32H55N7O6. The monoisotopic (exact) mass is 633 g/mol. The van der Waals surface area contributed by atoms with E-state index in [0.717, 1.165) is 37.5 Å². The van der Waals surface area contributed by atoms with Gasteiger partial charge in [-0.25, -0.2) is 5.48 Å². The summed E-state index contributed by atoms with van der Waals surface area (Å²) < 4.78 is 10.6. The van der Waals surface area contributed by atoms with E-state index < -0.39 is 11.9 Å². The first kappa shape index (κ1) is 36.6. The second-order valence-electron chi connectivity index (χ2n) is 12.8. The number of nitrogens with one attached hydrogen (secondary N) is 3. The second-order valence-corrected chi connectivity index (χ2v) is 12.8. The van der Waals surface area contributed by atoms with Gasteiger partial charge < -0.3 is 24.8 Å². The van der Waals surface area contributed by atoms with E-state index in [1.54, 1.807) is 5.48 Å². The summed E-state index contributed by atoms with van der Waals surface area (Å²) in [5.41, 5.74) is 1.70. The lowest BCUT2D eigenvalue weighted by molar-refractivity contribution is -0.137. The quantitative estimate of drug-likeness (QED) is 0.101. The Bertz CT molecular complexity index is 1100. The van der Waals surface area contributed by atoms with Gasteiger partial charge in [0.2, 0.25) is 17.7 Å². The van der Waals surface area contributed by atoms with Crippen molar-refractivity contribution in [3.8, 4) is 0 Å². The first-order chi connectivity index (χ1) is 21.9. The molecule has 13 heteroatoms. The lowest BCUT2D eigenvalue weighted by atomic mass is 9.84. The van der Waals surface area contributed by atoms with Crippen LogP contribution in [0.2, 0.25) is 0 Å². The van der Waals surface area contributed by atoms with Gasteiger partial charge >= 0.3 is 5.97 Å². The number of carboxylic acids is 1. The average Bonchev–Trinajstić information content (AvgIpc) is 3.72. The molecule has 0 aromatic carbocycles. The molecule has 2 atom stereocenters. The predicted molar refractivity (Wildman–Crippen MR) is 167 cm³/mol. The van der Waals surface area contributed by atoms with Crippen molar-refractivity contribution in [2.75, 3.05) is 14.1 Å². The van der Waals surface area contributed by atoms with Gasteiger partial charge in [-0.2, -0.15) is 9.97 Å². The summed E-state index contributed by atoms with van der Waals surface area (Å²) in [5, 5.41) is 31.6. The summed E-state index contributed by atoms with van der Waals surface area (Å²) >= 11 is 0. The number of carbonyl (C=O) groups is 2. The Balaban J connectivity index is 0.000000246. The Morgan fingerprint density at radius 1 is 0.756 bits per heavy atom. The number of hydrogen-bond acceptors (Lipinski definition) is 11. The molecule has 254 valence electrons. The van der Waals surface area contributed by atoms with Gasteiger partial charge in [-0.05, 0) is 38.8 Å². The van der Waals surface area contributed by atoms with Crippen LogP contribution < -0.4 is 16.1 Å². The van der Waals surface area contributed by atoms with Crippen LogP contribution >= 0.6 is 0 Å². The van der Waals surface area contributed by atoms with E-state index in [0.29, 0.717) is 36.5 Å². The molecule has 0 aliphatic heterocycles. The average molecular weight is 634 g/mol. The van der Waals surface area contributed by atoms with Crippen molar-refractivity contribution in [2.45, 2.75) is 141 Å². The molecule has 13 nitrogen and oxygen atoms in total. The molecule has 2 saturated carbocycles. The van der Waals surface area contributed by atoms with E-state index in [4.69, 9.17) is 19.4 Å². The van der Waals surface area contributed by atoms with Gasteiger partial charge in [0.1, 0.15) is 0 Å². The standard InChI is InChI=1S/C16H28N4O3.C16H27N3O3/c1-17-11-14-18-16(23-20-14)13(10-15(21)19-22)9-5-8-12-6-3-2-4-7-12;1-17-11-14-18-16(22-19-14)13(10-15(20)21)9-5-8-12-6-3-2-4-7-12/h12-13,17,22H,2-11H2,1H3,(H,19,21);12-13,17H,2-11H2,1H3,(H,20,21)/t2*13-/m11/s1. The Kier molecular flexibility index (Phi) is 17.1. The number of amides is 1. The molecule has 2 aromatic rings. The third-order valence-corrected chi connectivity index (χ3v) is 9.09. The molecule has 2 fully saturated rings.